The maximum atomic E-state index is 13.5. The zero-order valence-corrected chi connectivity index (χ0v) is 15.0. The predicted molar refractivity (Wildman–Crippen MR) is 98.8 cm³/mol. The van der Waals surface area contributed by atoms with Crippen LogP contribution in [-0.2, 0) is 4.79 Å². The highest BCUT2D eigenvalue weighted by Crippen LogP contribution is 2.23. The summed E-state index contributed by atoms with van der Waals surface area (Å²) in [6, 6.07) is 12.4. The molecule has 7 nitrogen and oxygen atoms in total. The van der Waals surface area contributed by atoms with E-state index in [1.54, 1.807) is 6.07 Å². The van der Waals surface area contributed by atoms with E-state index >= 15 is 0 Å². The number of benzene rings is 2. The highest BCUT2D eigenvalue weighted by molar-refractivity contribution is 7.99. The SMILES string of the molecule is Cc1cccc(-c2nnc(SCC(=O)NC(=O)Nc3ccccc3F)o2)c1. The van der Waals surface area contributed by atoms with Crippen molar-refractivity contribution in [1.82, 2.24) is 15.5 Å². The van der Waals surface area contributed by atoms with Gasteiger partial charge in [-0.15, -0.1) is 10.2 Å². The molecule has 0 saturated heterocycles. The molecule has 0 fully saturated rings. The summed E-state index contributed by atoms with van der Waals surface area (Å²) in [6.07, 6.45) is 0. The second kappa shape index (κ2) is 8.45. The van der Waals surface area contributed by atoms with Gasteiger partial charge in [-0.25, -0.2) is 9.18 Å². The molecule has 0 aliphatic heterocycles. The first kappa shape index (κ1) is 18.6. The Hall–Kier alpha value is -3.20. The Morgan fingerprint density at radius 2 is 1.96 bits per heavy atom. The van der Waals surface area contributed by atoms with Crippen molar-refractivity contribution in [2.45, 2.75) is 12.1 Å². The van der Waals surface area contributed by atoms with Crippen molar-refractivity contribution in [1.29, 1.82) is 0 Å². The fourth-order valence-corrected chi connectivity index (χ4v) is 2.73. The molecule has 0 atom stereocenters. The lowest BCUT2D eigenvalue weighted by atomic mass is 10.1. The molecule has 138 valence electrons. The predicted octanol–water partition coefficient (Wildman–Crippen LogP) is 3.62. The first-order valence-corrected chi connectivity index (χ1v) is 8.88. The fourth-order valence-electron chi connectivity index (χ4n) is 2.17. The van der Waals surface area contributed by atoms with Gasteiger partial charge in [0.15, 0.2) is 0 Å². The minimum atomic E-state index is -0.823. The van der Waals surface area contributed by atoms with Crippen LogP contribution in [0.1, 0.15) is 5.56 Å². The smallest absolute Gasteiger partial charge is 0.325 e. The van der Waals surface area contributed by atoms with Crippen LogP contribution in [0.3, 0.4) is 0 Å². The standard InChI is InChI=1S/C18H15FN4O3S/c1-11-5-4-6-12(9-11)16-22-23-18(26-16)27-10-15(24)21-17(25)20-14-8-3-2-7-13(14)19/h2-9H,10H2,1H3,(H2,20,21,24,25). The third-order valence-electron chi connectivity index (χ3n) is 3.37. The van der Waals surface area contributed by atoms with Crippen LogP contribution in [0.2, 0.25) is 0 Å². The van der Waals surface area contributed by atoms with Crippen LogP contribution < -0.4 is 10.6 Å². The third-order valence-corrected chi connectivity index (χ3v) is 4.19. The van der Waals surface area contributed by atoms with Crippen LogP contribution in [0.5, 0.6) is 0 Å². The van der Waals surface area contributed by atoms with Crippen molar-refractivity contribution < 1.29 is 18.4 Å². The molecule has 0 spiro atoms. The Morgan fingerprint density at radius 1 is 1.15 bits per heavy atom. The van der Waals surface area contributed by atoms with Gasteiger partial charge in [-0.3, -0.25) is 10.1 Å². The van der Waals surface area contributed by atoms with Crippen LogP contribution in [0.25, 0.3) is 11.5 Å². The molecule has 0 saturated carbocycles. The second-order valence-electron chi connectivity index (χ2n) is 5.51. The van der Waals surface area contributed by atoms with Crippen molar-refractivity contribution in [3.8, 4) is 11.5 Å². The number of para-hydroxylation sites is 1. The normalized spacial score (nSPS) is 10.4. The number of nitrogens with zero attached hydrogens (tertiary/aromatic N) is 2. The molecule has 9 heteroatoms. The largest absolute Gasteiger partial charge is 0.411 e. The van der Waals surface area contributed by atoms with Crippen molar-refractivity contribution in [3.05, 3.63) is 59.9 Å². The first-order valence-electron chi connectivity index (χ1n) is 7.90. The summed E-state index contributed by atoms with van der Waals surface area (Å²) in [5, 5.41) is 12.4. The number of hydrogen-bond acceptors (Lipinski definition) is 6. The first-order chi connectivity index (χ1) is 13.0. The lowest BCUT2D eigenvalue weighted by molar-refractivity contribution is -0.117. The molecule has 1 heterocycles. The highest BCUT2D eigenvalue weighted by Gasteiger charge is 2.14. The van der Waals surface area contributed by atoms with Gasteiger partial charge in [0.1, 0.15) is 5.82 Å². The minimum absolute atomic E-state index is 0.0184. The van der Waals surface area contributed by atoms with E-state index in [2.05, 4.69) is 20.8 Å². The number of thioether (sulfide) groups is 1. The van der Waals surface area contributed by atoms with E-state index in [0.717, 1.165) is 22.9 Å². The molecule has 0 unspecified atom stereocenters. The van der Waals surface area contributed by atoms with Gasteiger partial charge in [-0.05, 0) is 31.2 Å². The molecule has 2 N–H and O–H groups in total. The Labute approximate surface area is 158 Å². The molecule has 0 bridgehead atoms. The van der Waals surface area contributed by atoms with Crippen LogP contribution in [0.15, 0.2) is 58.2 Å². The van der Waals surface area contributed by atoms with Crippen molar-refractivity contribution in [2.24, 2.45) is 0 Å². The van der Waals surface area contributed by atoms with Crippen molar-refractivity contribution in [3.63, 3.8) is 0 Å². The number of nitrogens with one attached hydrogen (secondary N) is 2. The van der Waals surface area contributed by atoms with E-state index in [0.29, 0.717) is 5.89 Å². The summed E-state index contributed by atoms with van der Waals surface area (Å²) in [5.74, 6) is -0.938. The summed E-state index contributed by atoms with van der Waals surface area (Å²) in [7, 11) is 0. The van der Waals surface area contributed by atoms with E-state index in [1.165, 1.54) is 18.2 Å². The molecule has 0 aliphatic carbocycles. The number of hydrogen-bond donors (Lipinski definition) is 2. The van der Waals surface area contributed by atoms with E-state index in [4.69, 9.17) is 4.42 Å². The molecule has 27 heavy (non-hydrogen) atoms. The maximum absolute atomic E-state index is 13.5. The van der Waals surface area contributed by atoms with Gasteiger partial charge in [0.05, 0.1) is 11.4 Å². The number of carbonyl (C=O) groups is 2. The Bertz CT molecular complexity index is 977. The molecule has 2 aromatic carbocycles. The van der Waals surface area contributed by atoms with Gasteiger partial charge in [-0.2, -0.15) is 0 Å². The van der Waals surface area contributed by atoms with Gasteiger partial charge >= 0.3 is 6.03 Å². The quantitative estimate of drug-likeness (QED) is 0.650. The Balaban J connectivity index is 1.51. The lowest BCUT2D eigenvalue weighted by Crippen LogP contribution is -2.35. The average Bonchev–Trinajstić information content (AvgIpc) is 3.11. The van der Waals surface area contributed by atoms with Gasteiger partial charge in [0, 0.05) is 5.56 Å². The van der Waals surface area contributed by atoms with Crippen LogP contribution >= 0.6 is 11.8 Å². The lowest BCUT2D eigenvalue weighted by Gasteiger charge is -2.06. The summed E-state index contributed by atoms with van der Waals surface area (Å²) >= 11 is 0.993. The minimum Gasteiger partial charge on any atom is -0.411 e. The van der Waals surface area contributed by atoms with Crippen LogP contribution in [-0.4, -0.2) is 27.9 Å². The molecular weight excluding hydrogens is 371 g/mol. The number of anilines is 1. The average molecular weight is 386 g/mol. The number of aromatic nitrogens is 2. The summed E-state index contributed by atoms with van der Waals surface area (Å²) < 4.78 is 19.0. The number of aryl methyl sites for hydroxylation is 1. The molecule has 0 aliphatic rings. The van der Waals surface area contributed by atoms with E-state index in [9.17, 15) is 14.0 Å². The molecule has 1 aromatic heterocycles. The fraction of sp³-hybridized carbons (Fsp3) is 0.111. The molecule has 0 radical (unpaired) electrons. The topological polar surface area (TPSA) is 97.1 Å². The van der Waals surface area contributed by atoms with Crippen LogP contribution in [0.4, 0.5) is 14.9 Å². The Morgan fingerprint density at radius 3 is 2.74 bits per heavy atom. The van der Waals surface area contributed by atoms with Crippen molar-refractivity contribution >= 4 is 29.4 Å². The van der Waals surface area contributed by atoms with Crippen LogP contribution in [0, 0.1) is 12.7 Å². The van der Waals surface area contributed by atoms with Gasteiger partial charge in [0.25, 0.3) is 5.22 Å². The summed E-state index contributed by atoms with van der Waals surface area (Å²) in [6.45, 7) is 1.95. The summed E-state index contributed by atoms with van der Waals surface area (Å²) in [4.78, 5) is 23.6. The zero-order chi connectivity index (χ0) is 19.2. The van der Waals surface area contributed by atoms with Gasteiger partial charge < -0.3 is 9.73 Å². The zero-order valence-electron chi connectivity index (χ0n) is 14.2. The van der Waals surface area contributed by atoms with E-state index in [1.807, 2.05) is 31.2 Å². The number of halogens is 1. The van der Waals surface area contributed by atoms with Crippen molar-refractivity contribution in [2.75, 3.05) is 11.1 Å². The highest BCUT2D eigenvalue weighted by atomic mass is 32.2. The number of urea groups is 1. The van der Waals surface area contributed by atoms with E-state index < -0.39 is 17.8 Å². The number of carbonyl (C=O) groups excluding carboxylic acids is 2. The van der Waals surface area contributed by atoms with Gasteiger partial charge in [-0.1, -0.05) is 41.6 Å². The Kier molecular flexibility index (Phi) is 5.82. The molecular formula is C18H15FN4O3S. The molecule has 3 rings (SSSR count). The number of imide groups is 1. The second-order valence-corrected chi connectivity index (χ2v) is 6.44. The number of rotatable bonds is 5. The molecule has 3 aromatic rings. The molecule has 3 amide bonds. The summed E-state index contributed by atoms with van der Waals surface area (Å²) in [5.41, 5.74) is 1.82. The number of amides is 3. The van der Waals surface area contributed by atoms with Gasteiger partial charge in [0.2, 0.25) is 11.8 Å². The van der Waals surface area contributed by atoms with E-state index in [-0.39, 0.29) is 16.7 Å². The maximum Gasteiger partial charge on any atom is 0.325 e. The third kappa shape index (κ3) is 5.14. The monoisotopic (exact) mass is 386 g/mol.